The summed E-state index contributed by atoms with van der Waals surface area (Å²) in [5.74, 6) is 0.971. The highest BCUT2D eigenvalue weighted by Crippen LogP contribution is 2.34. The molecule has 10 heteroatoms. The first-order valence-corrected chi connectivity index (χ1v) is 12.4. The van der Waals surface area contributed by atoms with Gasteiger partial charge in [-0.2, -0.15) is 0 Å². The third-order valence-corrected chi connectivity index (χ3v) is 7.40. The molecule has 0 atom stereocenters. The first-order valence-electron chi connectivity index (χ1n) is 10.4. The van der Waals surface area contributed by atoms with Gasteiger partial charge in [-0.1, -0.05) is 0 Å². The second-order valence-corrected chi connectivity index (χ2v) is 9.67. The predicted molar refractivity (Wildman–Crippen MR) is 130 cm³/mol. The Labute approximate surface area is 196 Å². The van der Waals surface area contributed by atoms with Gasteiger partial charge in [-0.15, -0.1) is 23.1 Å². The number of nitrogens with one attached hydrogen (secondary N) is 3. The number of carbonyl (C=O) groups excluding carboxylic acids is 2. The Morgan fingerprint density at radius 3 is 2.67 bits per heavy atom. The average molecular weight is 481 g/mol. The lowest BCUT2D eigenvalue weighted by molar-refractivity contribution is -0.113. The number of aromatic nitrogens is 2. The molecule has 1 aromatic carbocycles. The molecular formula is C23H20N4O4S2. The second kappa shape index (κ2) is 9.24. The Morgan fingerprint density at radius 1 is 1.12 bits per heavy atom. The van der Waals surface area contributed by atoms with Gasteiger partial charge in [-0.25, -0.2) is 4.98 Å². The molecule has 168 valence electrons. The molecule has 8 nitrogen and oxygen atoms in total. The lowest BCUT2D eigenvalue weighted by Gasteiger charge is -2.07. The number of thiophene rings is 1. The molecule has 0 bridgehead atoms. The van der Waals surface area contributed by atoms with Crippen molar-refractivity contribution in [3.63, 3.8) is 0 Å². The molecule has 1 aliphatic rings. The van der Waals surface area contributed by atoms with E-state index in [1.165, 1.54) is 22.9 Å². The summed E-state index contributed by atoms with van der Waals surface area (Å²) in [5.41, 5.74) is 2.29. The van der Waals surface area contributed by atoms with Crippen molar-refractivity contribution < 1.29 is 14.0 Å². The van der Waals surface area contributed by atoms with Crippen LogP contribution in [0.3, 0.4) is 0 Å². The Morgan fingerprint density at radius 2 is 1.91 bits per heavy atom. The van der Waals surface area contributed by atoms with Gasteiger partial charge in [0.2, 0.25) is 5.91 Å². The summed E-state index contributed by atoms with van der Waals surface area (Å²) in [6.07, 6.45) is 4.51. The number of H-pyrrole nitrogens is 1. The number of hydrogen-bond donors (Lipinski definition) is 3. The van der Waals surface area contributed by atoms with Crippen LogP contribution in [0.1, 0.15) is 33.2 Å². The normalized spacial score (nSPS) is 12.6. The fraction of sp³-hybridized carbons (Fsp3) is 0.217. The molecule has 3 N–H and O–H groups in total. The molecular weight excluding hydrogens is 460 g/mol. The lowest BCUT2D eigenvalue weighted by Crippen LogP contribution is -2.15. The number of rotatable bonds is 7. The molecule has 4 aromatic rings. The summed E-state index contributed by atoms with van der Waals surface area (Å²) in [4.78, 5) is 46.3. The van der Waals surface area contributed by atoms with Crippen molar-refractivity contribution in [1.82, 2.24) is 9.97 Å². The summed E-state index contributed by atoms with van der Waals surface area (Å²) in [5, 5.41) is 6.28. The van der Waals surface area contributed by atoms with E-state index in [9.17, 15) is 14.4 Å². The van der Waals surface area contributed by atoms with Gasteiger partial charge >= 0.3 is 0 Å². The zero-order valence-electron chi connectivity index (χ0n) is 17.5. The van der Waals surface area contributed by atoms with E-state index in [1.807, 2.05) is 0 Å². The van der Waals surface area contributed by atoms with Gasteiger partial charge in [0.1, 0.15) is 10.7 Å². The molecule has 0 saturated heterocycles. The van der Waals surface area contributed by atoms with Crippen molar-refractivity contribution in [3.8, 4) is 0 Å². The number of anilines is 2. The second-order valence-electron chi connectivity index (χ2n) is 7.60. The first-order chi connectivity index (χ1) is 16.1. The monoisotopic (exact) mass is 480 g/mol. The Bertz CT molecular complexity index is 1370. The number of carbonyl (C=O) groups is 2. The number of amides is 2. The smallest absolute Gasteiger partial charge is 0.291 e. The van der Waals surface area contributed by atoms with Crippen LogP contribution < -0.4 is 16.2 Å². The van der Waals surface area contributed by atoms with Crippen LogP contribution in [0.15, 0.2) is 51.9 Å². The lowest BCUT2D eigenvalue weighted by atomic mass is 10.2. The van der Waals surface area contributed by atoms with Gasteiger partial charge in [0.25, 0.3) is 11.5 Å². The third-order valence-electron chi connectivity index (χ3n) is 5.27. The standard InChI is InChI=1S/C23H20N4O4S2/c28-19(24-13-6-8-14(9-7-13)25-21(29)16-4-2-10-31-16)12-32-11-18-26-22(30)20-15-3-1-5-17(15)33-23(20)27-18/h2,4,6-10H,1,3,5,11-12H2,(H,24,28)(H,25,29)(H,26,27,30). The van der Waals surface area contributed by atoms with Crippen LogP contribution in [0.5, 0.6) is 0 Å². The molecule has 2 amide bonds. The summed E-state index contributed by atoms with van der Waals surface area (Å²) in [7, 11) is 0. The van der Waals surface area contributed by atoms with E-state index < -0.39 is 0 Å². The van der Waals surface area contributed by atoms with Crippen molar-refractivity contribution in [2.75, 3.05) is 16.4 Å². The van der Waals surface area contributed by atoms with Crippen molar-refractivity contribution in [2.24, 2.45) is 0 Å². The number of nitrogens with zero attached hydrogens (tertiary/aromatic N) is 1. The highest BCUT2D eigenvalue weighted by molar-refractivity contribution is 7.99. The number of benzene rings is 1. The molecule has 0 spiro atoms. The molecule has 0 unspecified atom stereocenters. The van der Waals surface area contributed by atoms with Gasteiger partial charge in [-0.05, 0) is 61.2 Å². The van der Waals surface area contributed by atoms with Crippen LogP contribution in [-0.2, 0) is 23.4 Å². The topological polar surface area (TPSA) is 117 Å². The maximum absolute atomic E-state index is 12.5. The molecule has 3 heterocycles. The van der Waals surface area contributed by atoms with Gasteiger partial charge in [-0.3, -0.25) is 14.4 Å². The highest BCUT2D eigenvalue weighted by Gasteiger charge is 2.21. The van der Waals surface area contributed by atoms with Gasteiger partial charge in [0.15, 0.2) is 5.76 Å². The Hall–Kier alpha value is -3.37. The number of thioether (sulfide) groups is 1. The zero-order valence-corrected chi connectivity index (χ0v) is 19.1. The molecule has 33 heavy (non-hydrogen) atoms. The van der Waals surface area contributed by atoms with E-state index in [-0.39, 0.29) is 28.9 Å². The van der Waals surface area contributed by atoms with E-state index in [1.54, 1.807) is 47.7 Å². The van der Waals surface area contributed by atoms with Crippen LogP contribution in [0, 0.1) is 0 Å². The zero-order chi connectivity index (χ0) is 22.8. The fourth-order valence-corrected chi connectivity index (χ4v) is 5.76. The minimum absolute atomic E-state index is 0.0846. The number of furan rings is 1. The quantitative estimate of drug-likeness (QED) is 0.365. The van der Waals surface area contributed by atoms with E-state index in [0.717, 1.165) is 35.0 Å². The van der Waals surface area contributed by atoms with Crippen LogP contribution in [-0.4, -0.2) is 27.5 Å². The maximum Gasteiger partial charge on any atom is 0.291 e. The van der Waals surface area contributed by atoms with Crippen LogP contribution in [0.25, 0.3) is 10.2 Å². The van der Waals surface area contributed by atoms with Gasteiger partial charge < -0.3 is 20.0 Å². The minimum atomic E-state index is -0.342. The van der Waals surface area contributed by atoms with Crippen molar-refractivity contribution >= 4 is 56.5 Å². The maximum atomic E-state index is 12.5. The fourth-order valence-electron chi connectivity index (χ4n) is 3.79. The minimum Gasteiger partial charge on any atom is -0.459 e. The van der Waals surface area contributed by atoms with Gasteiger partial charge in [0, 0.05) is 16.3 Å². The number of aromatic amines is 1. The highest BCUT2D eigenvalue weighted by atomic mass is 32.2. The SMILES string of the molecule is O=C(CSCc1nc2sc3c(c2c(=O)[nH]1)CCC3)Nc1ccc(NC(=O)c2ccco2)cc1. The Kier molecular flexibility index (Phi) is 6.01. The molecule has 3 aromatic heterocycles. The Balaban J connectivity index is 1.13. The molecule has 0 fully saturated rings. The summed E-state index contributed by atoms with van der Waals surface area (Å²) >= 11 is 2.99. The van der Waals surface area contributed by atoms with E-state index in [2.05, 4.69) is 20.6 Å². The number of aryl methyl sites for hydroxylation is 2. The van der Waals surface area contributed by atoms with E-state index in [0.29, 0.717) is 23.0 Å². The van der Waals surface area contributed by atoms with E-state index >= 15 is 0 Å². The summed E-state index contributed by atoms with van der Waals surface area (Å²) in [6, 6.07) is 10.0. The largest absolute Gasteiger partial charge is 0.459 e. The van der Waals surface area contributed by atoms with Crippen molar-refractivity contribution in [1.29, 1.82) is 0 Å². The van der Waals surface area contributed by atoms with Gasteiger partial charge in [0.05, 0.1) is 23.2 Å². The van der Waals surface area contributed by atoms with Crippen LogP contribution in [0.4, 0.5) is 11.4 Å². The number of hydrogen-bond acceptors (Lipinski definition) is 7. The van der Waals surface area contributed by atoms with Crippen LogP contribution >= 0.6 is 23.1 Å². The third kappa shape index (κ3) is 4.71. The summed E-state index contributed by atoms with van der Waals surface area (Å²) in [6.45, 7) is 0. The van der Waals surface area contributed by atoms with Crippen LogP contribution in [0.2, 0.25) is 0 Å². The molecule has 0 aliphatic heterocycles. The van der Waals surface area contributed by atoms with Crippen molar-refractivity contribution in [2.45, 2.75) is 25.0 Å². The predicted octanol–water partition coefficient (Wildman–Crippen LogP) is 4.19. The average Bonchev–Trinajstić information content (AvgIpc) is 3.52. The molecule has 1 aliphatic carbocycles. The van der Waals surface area contributed by atoms with Crippen molar-refractivity contribution in [3.05, 3.63) is 75.0 Å². The molecule has 0 radical (unpaired) electrons. The molecule has 5 rings (SSSR count). The number of fused-ring (bicyclic) bond motifs is 3. The molecule has 0 saturated carbocycles. The van der Waals surface area contributed by atoms with E-state index in [4.69, 9.17) is 4.42 Å². The summed E-state index contributed by atoms with van der Waals surface area (Å²) < 4.78 is 5.06. The first kappa shape index (κ1) is 21.5.